The van der Waals surface area contributed by atoms with Crippen LogP contribution in [0, 0.1) is 0 Å². The molecule has 1 aromatic carbocycles. The highest BCUT2D eigenvalue weighted by Crippen LogP contribution is 2.17. The molecule has 5 nitrogen and oxygen atoms in total. The number of nitrogens with zero attached hydrogens (tertiary/aromatic N) is 1. The normalized spacial score (nSPS) is 16.2. The van der Waals surface area contributed by atoms with Crippen molar-refractivity contribution in [2.75, 3.05) is 39.4 Å². The maximum Gasteiger partial charge on any atom is 0.234 e. The third-order valence-electron chi connectivity index (χ3n) is 3.86. The van der Waals surface area contributed by atoms with Crippen LogP contribution in [-0.4, -0.2) is 55.2 Å². The van der Waals surface area contributed by atoms with Gasteiger partial charge in [0, 0.05) is 36.7 Å². The number of ether oxygens (including phenoxy) is 1. The molecule has 0 atom stereocenters. The number of hydrogen-bond acceptors (Lipinski definition) is 3. The zero-order valence-electron chi connectivity index (χ0n) is 12.1. The molecule has 2 aromatic rings. The van der Waals surface area contributed by atoms with Crippen LogP contribution in [0.25, 0.3) is 10.9 Å². The minimum absolute atomic E-state index is 0.0942. The van der Waals surface area contributed by atoms with Crippen molar-refractivity contribution in [2.24, 2.45) is 0 Å². The van der Waals surface area contributed by atoms with Crippen molar-refractivity contribution >= 4 is 16.8 Å². The quantitative estimate of drug-likeness (QED) is 0.867. The number of fused-ring (bicyclic) bond motifs is 1. The van der Waals surface area contributed by atoms with E-state index in [4.69, 9.17) is 4.74 Å². The summed E-state index contributed by atoms with van der Waals surface area (Å²) in [6.45, 7) is 4.28. The SMILES string of the molecule is O=C(CN1CCOCC1)NCCc1c[nH]c2ccccc12. The minimum atomic E-state index is 0.0942. The first-order valence-electron chi connectivity index (χ1n) is 7.45. The van der Waals surface area contributed by atoms with Crippen molar-refractivity contribution in [3.63, 3.8) is 0 Å². The lowest BCUT2D eigenvalue weighted by atomic mass is 10.1. The van der Waals surface area contributed by atoms with Crippen molar-refractivity contribution in [1.82, 2.24) is 15.2 Å². The number of rotatable bonds is 5. The van der Waals surface area contributed by atoms with Gasteiger partial charge in [-0.2, -0.15) is 0 Å². The molecule has 5 heteroatoms. The predicted molar refractivity (Wildman–Crippen MR) is 82.3 cm³/mol. The Morgan fingerprint density at radius 2 is 2.10 bits per heavy atom. The highest BCUT2D eigenvalue weighted by atomic mass is 16.5. The second kappa shape index (κ2) is 6.74. The number of morpholine rings is 1. The van der Waals surface area contributed by atoms with E-state index in [0.29, 0.717) is 13.1 Å². The second-order valence-corrected chi connectivity index (χ2v) is 5.35. The van der Waals surface area contributed by atoms with Gasteiger partial charge in [0.05, 0.1) is 19.8 Å². The van der Waals surface area contributed by atoms with Crippen LogP contribution in [0.4, 0.5) is 0 Å². The molecule has 2 N–H and O–H groups in total. The molecular weight excluding hydrogens is 266 g/mol. The lowest BCUT2D eigenvalue weighted by Gasteiger charge is -2.25. The average Bonchev–Trinajstić information content (AvgIpc) is 2.92. The van der Waals surface area contributed by atoms with Crippen LogP contribution in [0.1, 0.15) is 5.56 Å². The number of aromatic nitrogens is 1. The Morgan fingerprint density at radius 1 is 1.29 bits per heavy atom. The summed E-state index contributed by atoms with van der Waals surface area (Å²) < 4.78 is 5.28. The molecule has 1 aromatic heterocycles. The van der Waals surface area contributed by atoms with Crippen molar-refractivity contribution in [3.8, 4) is 0 Å². The fourth-order valence-corrected chi connectivity index (χ4v) is 2.69. The summed E-state index contributed by atoms with van der Waals surface area (Å²) >= 11 is 0. The molecule has 0 aliphatic carbocycles. The Balaban J connectivity index is 1.46. The summed E-state index contributed by atoms with van der Waals surface area (Å²) in [5.74, 6) is 0.0942. The first kappa shape index (κ1) is 14.1. The Bertz CT molecular complexity index is 602. The number of hydrogen-bond donors (Lipinski definition) is 2. The Kier molecular flexibility index (Phi) is 4.52. The Hall–Kier alpha value is -1.85. The number of carbonyl (C=O) groups is 1. The van der Waals surface area contributed by atoms with Crippen LogP contribution >= 0.6 is 0 Å². The second-order valence-electron chi connectivity index (χ2n) is 5.35. The van der Waals surface area contributed by atoms with Gasteiger partial charge in [-0.3, -0.25) is 9.69 Å². The van der Waals surface area contributed by atoms with E-state index in [0.717, 1.165) is 38.2 Å². The number of carbonyl (C=O) groups excluding carboxylic acids is 1. The van der Waals surface area contributed by atoms with Gasteiger partial charge in [0.25, 0.3) is 0 Å². The number of nitrogens with one attached hydrogen (secondary N) is 2. The summed E-state index contributed by atoms with van der Waals surface area (Å²) in [5, 5.41) is 4.23. The van der Waals surface area contributed by atoms with Gasteiger partial charge in [-0.1, -0.05) is 18.2 Å². The number of H-pyrrole nitrogens is 1. The van der Waals surface area contributed by atoms with Gasteiger partial charge in [0.15, 0.2) is 0 Å². The molecule has 0 spiro atoms. The van der Waals surface area contributed by atoms with Crippen LogP contribution in [0.3, 0.4) is 0 Å². The maximum atomic E-state index is 11.9. The van der Waals surface area contributed by atoms with Crippen molar-refractivity contribution < 1.29 is 9.53 Å². The summed E-state index contributed by atoms with van der Waals surface area (Å²) in [6.07, 6.45) is 2.87. The smallest absolute Gasteiger partial charge is 0.234 e. The zero-order chi connectivity index (χ0) is 14.5. The third-order valence-corrected chi connectivity index (χ3v) is 3.86. The summed E-state index contributed by atoms with van der Waals surface area (Å²) in [7, 11) is 0. The summed E-state index contributed by atoms with van der Waals surface area (Å²) in [4.78, 5) is 17.3. The van der Waals surface area contributed by atoms with Crippen LogP contribution in [0.5, 0.6) is 0 Å². The monoisotopic (exact) mass is 287 g/mol. The van der Waals surface area contributed by atoms with E-state index < -0.39 is 0 Å². The molecule has 1 amide bonds. The molecule has 0 radical (unpaired) electrons. The van der Waals surface area contributed by atoms with Crippen LogP contribution in [0.15, 0.2) is 30.5 Å². The van der Waals surface area contributed by atoms with Crippen molar-refractivity contribution in [1.29, 1.82) is 0 Å². The summed E-state index contributed by atoms with van der Waals surface area (Å²) in [5.41, 5.74) is 2.39. The molecule has 1 fully saturated rings. The fraction of sp³-hybridized carbons (Fsp3) is 0.438. The molecule has 21 heavy (non-hydrogen) atoms. The summed E-state index contributed by atoms with van der Waals surface area (Å²) in [6, 6.07) is 8.23. The van der Waals surface area contributed by atoms with Crippen LogP contribution in [0.2, 0.25) is 0 Å². The van der Waals surface area contributed by atoms with Gasteiger partial charge < -0.3 is 15.0 Å². The third kappa shape index (κ3) is 3.62. The molecule has 112 valence electrons. The molecule has 1 aliphatic heterocycles. The molecule has 1 aliphatic rings. The molecule has 0 saturated carbocycles. The number of para-hydroxylation sites is 1. The van der Waals surface area contributed by atoms with E-state index in [1.807, 2.05) is 18.3 Å². The van der Waals surface area contributed by atoms with Crippen LogP contribution < -0.4 is 5.32 Å². The molecule has 3 rings (SSSR count). The number of amides is 1. The van der Waals surface area contributed by atoms with Crippen LogP contribution in [-0.2, 0) is 16.0 Å². The lowest BCUT2D eigenvalue weighted by molar-refractivity contribution is -0.123. The average molecular weight is 287 g/mol. The Morgan fingerprint density at radius 3 is 2.95 bits per heavy atom. The highest BCUT2D eigenvalue weighted by Gasteiger charge is 2.13. The Labute approximate surface area is 124 Å². The van der Waals surface area contributed by atoms with Gasteiger partial charge >= 0.3 is 0 Å². The molecule has 1 saturated heterocycles. The van der Waals surface area contributed by atoms with E-state index in [9.17, 15) is 4.79 Å². The standard InChI is InChI=1S/C16H21N3O2/c20-16(12-19-7-9-21-10-8-19)17-6-5-13-11-18-15-4-2-1-3-14(13)15/h1-4,11,18H,5-10,12H2,(H,17,20). The van der Waals surface area contributed by atoms with Gasteiger partial charge in [-0.15, -0.1) is 0 Å². The van der Waals surface area contributed by atoms with E-state index in [-0.39, 0.29) is 5.91 Å². The molecule has 2 heterocycles. The van der Waals surface area contributed by atoms with E-state index >= 15 is 0 Å². The van der Waals surface area contributed by atoms with Gasteiger partial charge in [0.2, 0.25) is 5.91 Å². The first-order valence-corrected chi connectivity index (χ1v) is 7.45. The number of aromatic amines is 1. The largest absolute Gasteiger partial charge is 0.379 e. The lowest BCUT2D eigenvalue weighted by Crippen LogP contribution is -2.43. The van der Waals surface area contributed by atoms with Gasteiger partial charge in [0.1, 0.15) is 0 Å². The molecule has 0 unspecified atom stereocenters. The minimum Gasteiger partial charge on any atom is -0.379 e. The van der Waals surface area contributed by atoms with Crippen molar-refractivity contribution in [2.45, 2.75) is 6.42 Å². The first-order chi connectivity index (χ1) is 10.3. The van der Waals surface area contributed by atoms with Crippen molar-refractivity contribution in [3.05, 3.63) is 36.0 Å². The fourth-order valence-electron chi connectivity index (χ4n) is 2.69. The number of benzene rings is 1. The molecule has 0 bridgehead atoms. The van der Waals surface area contributed by atoms with E-state index in [1.54, 1.807) is 0 Å². The van der Waals surface area contributed by atoms with E-state index in [1.165, 1.54) is 10.9 Å². The highest BCUT2D eigenvalue weighted by molar-refractivity contribution is 5.83. The van der Waals surface area contributed by atoms with E-state index in [2.05, 4.69) is 27.3 Å². The van der Waals surface area contributed by atoms with Gasteiger partial charge in [-0.05, 0) is 18.1 Å². The topological polar surface area (TPSA) is 57.4 Å². The maximum absolute atomic E-state index is 11.9. The molecular formula is C16H21N3O2. The van der Waals surface area contributed by atoms with Gasteiger partial charge in [-0.25, -0.2) is 0 Å². The zero-order valence-corrected chi connectivity index (χ0v) is 12.1. The predicted octanol–water partition coefficient (Wildman–Crippen LogP) is 1.16.